The highest BCUT2D eigenvalue weighted by Gasteiger charge is 2.16. The Morgan fingerprint density at radius 2 is 1.85 bits per heavy atom. The van der Waals surface area contributed by atoms with Crippen LogP contribution in [-0.4, -0.2) is 28.0 Å². The van der Waals surface area contributed by atoms with Crippen LogP contribution in [0, 0.1) is 13.8 Å². The number of fused-ring (bicyclic) bond motifs is 1. The number of anilines is 1. The molecular formula is C25H23N3O4S. The Balaban J connectivity index is 1.57. The molecular weight excluding hydrogens is 438 g/mol. The van der Waals surface area contributed by atoms with Crippen molar-refractivity contribution < 1.29 is 14.3 Å². The number of thiophene rings is 1. The number of hydrogen-bond acceptors (Lipinski definition) is 6. The van der Waals surface area contributed by atoms with Gasteiger partial charge in [0.15, 0.2) is 0 Å². The summed E-state index contributed by atoms with van der Waals surface area (Å²) in [5.41, 5.74) is 4.69. The molecule has 0 bridgehead atoms. The molecule has 0 atom stereocenters. The van der Waals surface area contributed by atoms with Gasteiger partial charge in [0.1, 0.15) is 11.4 Å². The third-order valence-electron chi connectivity index (χ3n) is 5.23. The highest BCUT2D eigenvalue weighted by atomic mass is 32.1. The third-order valence-corrected chi connectivity index (χ3v) is 6.11. The van der Waals surface area contributed by atoms with Crippen molar-refractivity contribution in [2.75, 3.05) is 11.9 Å². The zero-order valence-corrected chi connectivity index (χ0v) is 19.4. The first kappa shape index (κ1) is 22.4. The van der Waals surface area contributed by atoms with Gasteiger partial charge in [-0.3, -0.25) is 14.2 Å². The second-order valence-corrected chi connectivity index (χ2v) is 8.53. The average molecular weight is 462 g/mol. The number of nitrogens with zero attached hydrogens (tertiary/aromatic N) is 2. The van der Waals surface area contributed by atoms with Gasteiger partial charge in [-0.15, -0.1) is 11.3 Å². The van der Waals surface area contributed by atoms with E-state index in [-0.39, 0.29) is 18.0 Å². The van der Waals surface area contributed by atoms with Gasteiger partial charge in [0.05, 0.1) is 23.9 Å². The minimum absolute atomic E-state index is 0.177. The van der Waals surface area contributed by atoms with Crippen LogP contribution in [0.25, 0.3) is 21.3 Å². The number of carbonyl (C=O) groups is 2. The minimum Gasteiger partial charge on any atom is -0.462 e. The number of benzene rings is 2. The van der Waals surface area contributed by atoms with E-state index in [1.54, 1.807) is 31.2 Å². The molecule has 0 aliphatic rings. The van der Waals surface area contributed by atoms with E-state index >= 15 is 0 Å². The smallest absolute Gasteiger partial charge is 0.338 e. The second kappa shape index (κ2) is 9.38. The average Bonchev–Trinajstić information content (AvgIpc) is 3.21. The first-order valence-corrected chi connectivity index (χ1v) is 11.4. The molecule has 0 spiro atoms. The van der Waals surface area contributed by atoms with Gasteiger partial charge >= 0.3 is 5.97 Å². The van der Waals surface area contributed by atoms with E-state index < -0.39 is 5.97 Å². The first-order valence-electron chi connectivity index (χ1n) is 10.5. The van der Waals surface area contributed by atoms with E-state index in [0.29, 0.717) is 28.1 Å². The molecule has 0 radical (unpaired) electrons. The fourth-order valence-electron chi connectivity index (χ4n) is 3.65. The number of aryl methyl sites for hydroxylation is 2. The summed E-state index contributed by atoms with van der Waals surface area (Å²) < 4.78 is 6.26. The summed E-state index contributed by atoms with van der Waals surface area (Å²) in [6.07, 6.45) is 1.40. The van der Waals surface area contributed by atoms with Crippen molar-refractivity contribution in [3.05, 3.63) is 81.2 Å². The molecule has 4 aromatic rings. The van der Waals surface area contributed by atoms with Gasteiger partial charge in [0.2, 0.25) is 5.91 Å². The summed E-state index contributed by atoms with van der Waals surface area (Å²) in [6, 6.07) is 12.5. The standard InChI is InChI=1S/C25H23N3O4S/c1-4-32-25(31)17-6-8-18(9-7-17)27-21(29)12-28-14-26-23-22(24(28)30)20(13-33-23)19-10-5-15(2)11-16(19)3/h5-11,13-14H,4,12H2,1-3H3,(H,27,29). The monoisotopic (exact) mass is 461 g/mol. The molecule has 33 heavy (non-hydrogen) atoms. The normalized spacial score (nSPS) is 10.9. The van der Waals surface area contributed by atoms with Gasteiger partial charge < -0.3 is 10.1 Å². The molecule has 0 fully saturated rings. The SMILES string of the molecule is CCOC(=O)c1ccc(NC(=O)Cn2cnc3scc(-c4ccc(C)cc4C)c3c2=O)cc1. The van der Waals surface area contributed by atoms with Crippen LogP contribution in [0.3, 0.4) is 0 Å². The van der Waals surface area contributed by atoms with Crippen LogP contribution >= 0.6 is 11.3 Å². The Bertz CT molecular complexity index is 1400. The fourth-order valence-corrected chi connectivity index (χ4v) is 4.55. The highest BCUT2D eigenvalue weighted by Crippen LogP contribution is 2.33. The maximum absolute atomic E-state index is 13.2. The van der Waals surface area contributed by atoms with Gasteiger partial charge in [-0.2, -0.15) is 0 Å². The zero-order valence-electron chi connectivity index (χ0n) is 18.5. The molecule has 0 saturated heterocycles. The maximum atomic E-state index is 13.2. The van der Waals surface area contributed by atoms with Gasteiger partial charge in [-0.25, -0.2) is 9.78 Å². The molecule has 0 unspecified atom stereocenters. The van der Waals surface area contributed by atoms with Crippen LogP contribution < -0.4 is 10.9 Å². The molecule has 7 nitrogen and oxygen atoms in total. The first-order chi connectivity index (χ1) is 15.9. The number of carbonyl (C=O) groups excluding carboxylic acids is 2. The molecule has 8 heteroatoms. The number of aromatic nitrogens is 2. The van der Waals surface area contributed by atoms with Crippen LogP contribution in [0.1, 0.15) is 28.4 Å². The fraction of sp³-hybridized carbons (Fsp3) is 0.200. The Morgan fingerprint density at radius 3 is 2.55 bits per heavy atom. The summed E-state index contributed by atoms with van der Waals surface area (Å²) in [5.74, 6) is -0.790. The zero-order chi connectivity index (χ0) is 23.5. The molecule has 168 valence electrons. The Morgan fingerprint density at radius 1 is 1.09 bits per heavy atom. The van der Waals surface area contributed by atoms with Gasteiger partial charge in [0.25, 0.3) is 5.56 Å². The number of ether oxygens (including phenoxy) is 1. The van der Waals surface area contributed by atoms with Crippen molar-refractivity contribution in [3.63, 3.8) is 0 Å². The lowest BCUT2D eigenvalue weighted by Gasteiger charge is -2.09. The van der Waals surface area contributed by atoms with Crippen molar-refractivity contribution in [2.45, 2.75) is 27.3 Å². The summed E-state index contributed by atoms with van der Waals surface area (Å²) in [5, 5.41) is 5.19. The number of amides is 1. The maximum Gasteiger partial charge on any atom is 0.338 e. The van der Waals surface area contributed by atoms with E-state index in [9.17, 15) is 14.4 Å². The predicted molar refractivity (Wildman–Crippen MR) is 130 cm³/mol. The molecule has 0 aliphatic carbocycles. The van der Waals surface area contributed by atoms with Crippen LogP contribution in [0.4, 0.5) is 5.69 Å². The van der Waals surface area contributed by atoms with Crippen LogP contribution in [0.15, 0.2) is 59.0 Å². The summed E-state index contributed by atoms with van der Waals surface area (Å²) in [7, 11) is 0. The molecule has 2 aromatic heterocycles. The van der Waals surface area contributed by atoms with Crippen molar-refractivity contribution in [2.24, 2.45) is 0 Å². The lowest BCUT2D eigenvalue weighted by atomic mass is 9.99. The van der Waals surface area contributed by atoms with Crippen molar-refractivity contribution in [1.82, 2.24) is 9.55 Å². The molecule has 4 rings (SSSR count). The van der Waals surface area contributed by atoms with E-state index in [4.69, 9.17) is 4.74 Å². The van der Waals surface area contributed by atoms with Gasteiger partial charge in [-0.1, -0.05) is 23.8 Å². The van der Waals surface area contributed by atoms with E-state index in [2.05, 4.69) is 16.4 Å². The number of esters is 1. The van der Waals surface area contributed by atoms with E-state index in [1.807, 2.05) is 31.4 Å². The van der Waals surface area contributed by atoms with Gasteiger partial charge in [-0.05, 0) is 56.2 Å². The predicted octanol–water partition coefficient (Wildman–Crippen LogP) is 4.56. The topological polar surface area (TPSA) is 90.3 Å². The Labute approximate surface area is 194 Å². The summed E-state index contributed by atoms with van der Waals surface area (Å²) in [6.45, 7) is 5.90. The van der Waals surface area contributed by atoms with Crippen molar-refractivity contribution in [3.8, 4) is 11.1 Å². The second-order valence-electron chi connectivity index (χ2n) is 7.67. The molecule has 1 N–H and O–H groups in total. The Hall–Kier alpha value is -3.78. The number of nitrogens with one attached hydrogen (secondary N) is 1. The number of rotatable bonds is 6. The lowest BCUT2D eigenvalue weighted by Crippen LogP contribution is -2.27. The Kier molecular flexibility index (Phi) is 6.37. The quantitative estimate of drug-likeness (QED) is 0.425. The molecule has 0 aliphatic heterocycles. The lowest BCUT2D eigenvalue weighted by molar-refractivity contribution is -0.116. The number of hydrogen-bond donors (Lipinski definition) is 1. The van der Waals surface area contributed by atoms with Crippen molar-refractivity contribution >= 4 is 39.1 Å². The van der Waals surface area contributed by atoms with Crippen LogP contribution in [0.2, 0.25) is 0 Å². The highest BCUT2D eigenvalue weighted by molar-refractivity contribution is 7.17. The molecule has 1 amide bonds. The van der Waals surface area contributed by atoms with E-state index in [1.165, 1.54) is 22.2 Å². The van der Waals surface area contributed by atoms with E-state index in [0.717, 1.165) is 22.3 Å². The summed E-state index contributed by atoms with van der Waals surface area (Å²) >= 11 is 1.41. The minimum atomic E-state index is -0.420. The molecule has 2 heterocycles. The van der Waals surface area contributed by atoms with Crippen LogP contribution in [0.5, 0.6) is 0 Å². The molecule has 2 aromatic carbocycles. The summed E-state index contributed by atoms with van der Waals surface area (Å²) in [4.78, 5) is 42.6. The molecule has 0 saturated carbocycles. The van der Waals surface area contributed by atoms with Crippen LogP contribution in [-0.2, 0) is 16.1 Å². The third kappa shape index (κ3) is 4.70. The largest absolute Gasteiger partial charge is 0.462 e. The van der Waals surface area contributed by atoms with Gasteiger partial charge in [0, 0.05) is 16.6 Å². The van der Waals surface area contributed by atoms with Crippen molar-refractivity contribution in [1.29, 1.82) is 0 Å².